The number of ether oxygens (including phenoxy) is 1. The van der Waals surface area contributed by atoms with Crippen LogP contribution in [0.2, 0.25) is 0 Å². The van der Waals surface area contributed by atoms with Crippen LogP contribution in [-0.4, -0.2) is 60.2 Å². The molecule has 2 heterocycles. The number of fused-ring (bicyclic) bond motifs is 1. The van der Waals surface area contributed by atoms with Crippen LogP contribution in [0, 0.1) is 11.3 Å². The second-order valence-corrected chi connectivity index (χ2v) is 8.30. The normalized spacial score (nSPS) is 24.3. The van der Waals surface area contributed by atoms with Gasteiger partial charge in [-0.05, 0) is 37.0 Å². The van der Waals surface area contributed by atoms with Gasteiger partial charge in [0, 0.05) is 38.1 Å². The fourth-order valence-electron chi connectivity index (χ4n) is 4.89. The van der Waals surface area contributed by atoms with Crippen molar-refractivity contribution in [1.82, 2.24) is 9.80 Å². The highest BCUT2D eigenvalue weighted by Gasteiger charge is 2.49. The number of hydrogen-bond donors (Lipinski definition) is 1. The lowest BCUT2D eigenvalue weighted by Crippen LogP contribution is -2.50. The zero-order chi connectivity index (χ0) is 20.3. The molecule has 0 aliphatic carbocycles. The summed E-state index contributed by atoms with van der Waals surface area (Å²) in [6, 6.07) is 17.9. The topological polar surface area (TPSA) is 53.0 Å². The van der Waals surface area contributed by atoms with E-state index in [4.69, 9.17) is 4.74 Å². The highest BCUT2D eigenvalue weighted by atomic mass is 16.5. The Bertz CT molecular complexity index is 841. The van der Waals surface area contributed by atoms with Gasteiger partial charge in [-0.3, -0.25) is 9.69 Å². The van der Waals surface area contributed by atoms with Gasteiger partial charge in [0.2, 0.25) is 0 Å². The maximum absolute atomic E-state index is 13.2. The smallest absolute Gasteiger partial charge is 0.257 e. The van der Waals surface area contributed by atoms with Gasteiger partial charge < -0.3 is 14.7 Å². The molecule has 2 aromatic rings. The number of piperidine rings is 1. The molecule has 0 radical (unpaired) electrons. The van der Waals surface area contributed by atoms with Crippen molar-refractivity contribution in [3.63, 3.8) is 0 Å². The molecule has 2 aliphatic rings. The predicted octanol–water partition coefficient (Wildman–Crippen LogP) is 3.04. The van der Waals surface area contributed by atoms with Crippen molar-refractivity contribution in [2.24, 2.45) is 11.3 Å². The minimum atomic E-state index is -0.106. The molecule has 2 aliphatic heterocycles. The van der Waals surface area contributed by atoms with E-state index in [1.165, 1.54) is 5.56 Å². The first-order chi connectivity index (χ1) is 14.1. The zero-order valence-electron chi connectivity index (χ0n) is 17.1. The van der Waals surface area contributed by atoms with Crippen LogP contribution in [0.1, 0.15) is 29.3 Å². The highest BCUT2D eigenvalue weighted by molar-refractivity contribution is 5.97. The van der Waals surface area contributed by atoms with Gasteiger partial charge in [-0.1, -0.05) is 42.5 Å². The van der Waals surface area contributed by atoms with Gasteiger partial charge in [-0.2, -0.15) is 0 Å². The number of amides is 1. The fraction of sp³-hybridized carbons (Fsp3) is 0.458. The van der Waals surface area contributed by atoms with Crippen molar-refractivity contribution in [2.45, 2.75) is 19.9 Å². The fourth-order valence-corrected chi connectivity index (χ4v) is 4.89. The Morgan fingerprint density at radius 3 is 2.66 bits per heavy atom. The molecule has 0 bridgehead atoms. The van der Waals surface area contributed by atoms with Crippen molar-refractivity contribution in [3.8, 4) is 5.75 Å². The van der Waals surface area contributed by atoms with Gasteiger partial charge in [0.25, 0.3) is 5.91 Å². The predicted molar refractivity (Wildman–Crippen MR) is 113 cm³/mol. The van der Waals surface area contributed by atoms with Gasteiger partial charge in [-0.25, -0.2) is 0 Å². The van der Waals surface area contributed by atoms with Crippen molar-refractivity contribution < 1.29 is 14.6 Å². The lowest BCUT2D eigenvalue weighted by Gasteiger charge is -2.42. The van der Waals surface area contributed by atoms with Crippen LogP contribution < -0.4 is 4.74 Å². The summed E-state index contributed by atoms with van der Waals surface area (Å²) in [4.78, 5) is 17.6. The highest BCUT2D eigenvalue weighted by Crippen LogP contribution is 2.43. The number of carbonyl (C=O) groups excluding carboxylic acids is 1. The number of aliphatic hydroxyl groups is 1. The Balaban J connectivity index is 1.48. The molecule has 0 saturated carbocycles. The Morgan fingerprint density at radius 2 is 1.90 bits per heavy atom. The molecule has 2 atom stereocenters. The van der Waals surface area contributed by atoms with E-state index in [1.807, 2.05) is 42.2 Å². The van der Waals surface area contributed by atoms with Gasteiger partial charge >= 0.3 is 0 Å². The van der Waals surface area contributed by atoms with Crippen LogP contribution in [0.15, 0.2) is 54.6 Å². The Kier molecular flexibility index (Phi) is 5.88. The number of nitrogens with zero attached hydrogens (tertiary/aromatic N) is 2. The standard InChI is InChI=1S/C24H30N2O3/c1-2-29-22-11-7-6-10-21(22)23(28)26-13-12-24(18-27)17-25(15-20(24)16-26)14-19-8-4-3-5-9-19/h3-11,20,27H,2,12-18H2,1H3/t20-,24-/m0/s1. The Hall–Kier alpha value is -2.37. The minimum absolute atomic E-state index is 0.0297. The van der Waals surface area contributed by atoms with Crippen molar-refractivity contribution in [1.29, 1.82) is 0 Å². The number of benzene rings is 2. The molecule has 154 valence electrons. The lowest BCUT2D eigenvalue weighted by molar-refractivity contribution is 0.0176. The summed E-state index contributed by atoms with van der Waals surface area (Å²) in [6.07, 6.45) is 0.835. The molecule has 2 saturated heterocycles. The van der Waals surface area contributed by atoms with Crippen molar-refractivity contribution in [2.75, 3.05) is 39.4 Å². The molecule has 29 heavy (non-hydrogen) atoms. The number of likely N-dealkylation sites (tertiary alicyclic amines) is 2. The number of para-hydroxylation sites is 1. The molecule has 1 N–H and O–H groups in total. The molecule has 1 amide bonds. The third-order valence-corrected chi connectivity index (χ3v) is 6.47. The summed E-state index contributed by atoms with van der Waals surface area (Å²) in [5, 5.41) is 10.2. The minimum Gasteiger partial charge on any atom is -0.493 e. The van der Waals surface area contributed by atoms with Gasteiger partial charge in [0.05, 0.1) is 18.8 Å². The number of aliphatic hydroxyl groups excluding tert-OH is 1. The maximum atomic E-state index is 13.2. The van der Waals surface area contributed by atoms with E-state index in [2.05, 4.69) is 29.2 Å². The molecular weight excluding hydrogens is 364 g/mol. The van der Waals surface area contributed by atoms with Crippen LogP contribution in [-0.2, 0) is 6.54 Å². The molecule has 0 unspecified atom stereocenters. The second kappa shape index (κ2) is 8.56. The second-order valence-electron chi connectivity index (χ2n) is 8.30. The lowest BCUT2D eigenvalue weighted by atomic mass is 9.73. The van der Waals surface area contributed by atoms with E-state index in [1.54, 1.807) is 0 Å². The Labute approximate surface area is 172 Å². The molecule has 0 aromatic heterocycles. The summed E-state index contributed by atoms with van der Waals surface area (Å²) in [6.45, 7) is 6.70. The van der Waals surface area contributed by atoms with Crippen molar-refractivity contribution in [3.05, 3.63) is 65.7 Å². The molecule has 2 fully saturated rings. The van der Waals surface area contributed by atoms with E-state index in [0.717, 1.165) is 26.1 Å². The van der Waals surface area contributed by atoms with Gasteiger partial charge in [0.1, 0.15) is 5.75 Å². The number of hydrogen-bond acceptors (Lipinski definition) is 4. The monoisotopic (exact) mass is 394 g/mol. The van der Waals surface area contributed by atoms with Crippen LogP contribution in [0.5, 0.6) is 5.75 Å². The summed E-state index contributed by atoms with van der Waals surface area (Å²) >= 11 is 0. The van der Waals surface area contributed by atoms with Crippen LogP contribution in [0.4, 0.5) is 0 Å². The zero-order valence-corrected chi connectivity index (χ0v) is 17.1. The first-order valence-corrected chi connectivity index (χ1v) is 10.5. The average Bonchev–Trinajstić information content (AvgIpc) is 3.12. The van der Waals surface area contributed by atoms with Crippen molar-refractivity contribution >= 4 is 5.91 Å². The molecule has 0 spiro atoms. The summed E-state index contributed by atoms with van der Waals surface area (Å²) < 4.78 is 5.66. The van der Waals surface area contributed by atoms with Gasteiger partial charge in [-0.15, -0.1) is 0 Å². The molecule has 5 nitrogen and oxygen atoms in total. The maximum Gasteiger partial charge on any atom is 0.257 e. The van der Waals surface area contributed by atoms with Crippen LogP contribution >= 0.6 is 0 Å². The van der Waals surface area contributed by atoms with Crippen LogP contribution in [0.25, 0.3) is 0 Å². The van der Waals surface area contributed by atoms with E-state index < -0.39 is 0 Å². The molecular formula is C24H30N2O3. The molecule has 4 rings (SSSR count). The summed E-state index contributed by atoms with van der Waals surface area (Å²) in [5.41, 5.74) is 1.81. The summed E-state index contributed by atoms with van der Waals surface area (Å²) in [5.74, 6) is 0.964. The van der Waals surface area contributed by atoms with Crippen LogP contribution in [0.3, 0.4) is 0 Å². The third kappa shape index (κ3) is 4.02. The van der Waals surface area contributed by atoms with E-state index in [9.17, 15) is 9.90 Å². The third-order valence-electron chi connectivity index (χ3n) is 6.47. The Morgan fingerprint density at radius 1 is 1.14 bits per heavy atom. The largest absolute Gasteiger partial charge is 0.493 e. The van der Waals surface area contributed by atoms with Gasteiger partial charge in [0.15, 0.2) is 0 Å². The first-order valence-electron chi connectivity index (χ1n) is 10.5. The molecule has 2 aromatic carbocycles. The molecule has 5 heteroatoms. The summed E-state index contributed by atoms with van der Waals surface area (Å²) in [7, 11) is 0. The number of carbonyl (C=O) groups is 1. The quantitative estimate of drug-likeness (QED) is 0.818. The number of rotatable bonds is 6. The average molecular weight is 395 g/mol. The van der Waals surface area contributed by atoms with E-state index >= 15 is 0 Å². The first kappa shape index (κ1) is 19.9. The van der Waals surface area contributed by atoms with E-state index in [-0.39, 0.29) is 23.8 Å². The van der Waals surface area contributed by atoms with E-state index in [0.29, 0.717) is 31.0 Å². The SMILES string of the molecule is CCOc1ccccc1C(=O)N1CC[C@@]2(CO)CN(Cc3ccccc3)C[C@H]2C1.